The summed E-state index contributed by atoms with van der Waals surface area (Å²) in [6, 6.07) is 21.4. The summed E-state index contributed by atoms with van der Waals surface area (Å²) in [4.78, 5) is 8.82. The van der Waals surface area contributed by atoms with E-state index in [1.165, 1.54) is 0 Å². The lowest BCUT2D eigenvalue weighted by Crippen LogP contribution is -2.16. The highest BCUT2D eigenvalue weighted by atomic mass is 16.5. The van der Waals surface area contributed by atoms with Crippen molar-refractivity contribution in [3.05, 3.63) is 96.6 Å². The molecule has 6 nitrogen and oxygen atoms in total. The summed E-state index contributed by atoms with van der Waals surface area (Å²) in [6.45, 7) is 1.30. The average molecular weight is 386 g/mol. The molecule has 3 heterocycles. The molecule has 0 saturated carbocycles. The minimum Gasteiger partial charge on any atom is -0.493 e. The molecule has 0 fully saturated rings. The smallest absolute Gasteiger partial charge is 0.223 e. The van der Waals surface area contributed by atoms with E-state index in [2.05, 4.69) is 25.9 Å². The van der Waals surface area contributed by atoms with E-state index >= 15 is 0 Å². The number of hydrogen-bond acceptors (Lipinski definition) is 5. The molecule has 29 heavy (non-hydrogen) atoms. The molecule has 0 bridgehead atoms. The van der Waals surface area contributed by atoms with Crippen LogP contribution in [0.4, 0.5) is 0 Å². The predicted octanol–water partition coefficient (Wildman–Crippen LogP) is 4.36. The highest BCUT2D eigenvalue weighted by Gasteiger charge is 2.10. The van der Waals surface area contributed by atoms with Gasteiger partial charge in [0.2, 0.25) is 5.88 Å². The summed E-state index contributed by atoms with van der Waals surface area (Å²) in [5.74, 6) is 2.77. The van der Waals surface area contributed by atoms with E-state index < -0.39 is 0 Å². The van der Waals surface area contributed by atoms with E-state index in [4.69, 9.17) is 9.47 Å². The zero-order chi connectivity index (χ0) is 19.9. The molecule has 0 atom stereocenters. The van der Waals surface area contributed by atoms with Crippen molar-refractivity contribution in [1.29, 1.82) is 0 Å². The molecule has 0 aliphatic carbocycles. The predicted molar refractivity (Wildman–Crippen MR) is 111 cm³/mol. The number of ether oxygens (including phenoxy) is 2. The third kappa shape index (κ3) is 4.44. The van der Waals surface area contributed by atoms with Gasteiger partial charge in [0.05, 0.1) is 7.11 Å². The van der Waals surface area contributed by atoms with Gasteiger partial charge in [0, 0.05) is 42.9 Å². The van der Waals surface area contributed by atoms with Gasteiger partial charge in [0.1, 0.15) is 5.82 Å². The molecular formula is C23H22N4O2. The zero-order valence-electron chi connectivity index (χ0n) is 16.2. The van der Waals surface area contributed by atoms with E-state index in [9.17, 15) is 0 Å². The first kappa shape index (κ1) is 18.7. The van der Waals surface area contributed by atoms with Crippen LogP contribution in [-0.2, 0) is 13.1 Å². The van der Waals surface area contributed by atoms with Crippen molar-refractivity contribution >= 4 is 0 Å². The second kappa shape index (κ2) is 9.03. The molecule has 1 N–H and O–H groups in total. The Kier molecular flexibility index (Phi) is 5.83. The van der Waals surface area contributed by atoms with Crippen molar-refractivity contribution in [1.82, 2.24) is 19.9 Å². The largest absolute Gasteiger partial charge is 0.493 e. The molecule has 0 amide bonds. The van der Waals surface area contributed by atoms with Gasteiger partial charge in [-0.3, -0.25) is 0 Å². The lowest BCUT2D eigenvalue weighted by molar-refractivity contribution is 0.372. The number of rotatable bonds is 8. The van der Waals surface area contributed by atoms with Crippen LogP contribution in [0.25, 0.3) is 5.82 Å². The van der Waals surface area contributed by atoms with Crippen LogP contribution in [0, 0.1) is 0 Å². The number of pyridine rings is 2. The van der Waals surface area contributed by atoms with Crippen LogP contribution >= 0.6 is 0 Å². The second-order valence-corrected chi connectivity index (χ2v) is 6.38. The third-order valence-electron chi connectivity index (χ3n) is 4.48. The van der Waals surface area contributed by atoms with Gasteiger partial charge in [-0.05, 0) is 42.5 Å². The molecule has 0 aliphatic rings. The van der Waals surface area contributed by atoms with Crippen LogP contribution in [0.3, 0.4) is 0 Å². The molecule has 0 unspecified atom stereocenters. The van der Waals surface area contributed by atoms with Crippen molar-refractivity contribution in [3.63, 3.8) is 0 Å². The van der Waals surface area contributed by atoms with E-state index in [1.807, 2.05) is 66.9 Å². The number of benzene rings is 1. The number of hydrogen-bond donors (Lipinski definition) is 1. The summed E-state index contributed by atoms with van der Waals surface area (Å²) in [5.41, 5.74) is 2.09. The molecule has 0 aliphatic heterocycles. The Morgan fingerprint density at radius 1 is 0.828 bits per heavy atom. The molecule has 3 aromatic heterocycles. The molecule has 0 radical (unpaired) electrons. The van der Waals surface area contributed by atoms with Crippen LogP contribution in [0.1, 0.15) is 11.3 Å². The Bertz CT molecular complexity index is 1060. The third-order valence-corrected chi connectivity index (χ3v) is 4.48. The van der Waals surface area contributed by atoms with Crippen molar-refractivity contribution in [3.8, 4) is 23.2 Å². The Morgan fingerprint density at radius 2 is 1.66 bits per heavy atom. The van der Waals surface area contributed by atoms with Gasteiger partial charge in [0.15, 0.2) is 11.5 Å². The van der Waals surface area contributed by atoms with Gasteiger partial charge in [-0.2, -0.15) is 0 Å². The average Bonchev–Trinajstić information content (AvgIpc) is 3.24. The van der Waals surface area contributed by atoms with Crippen LogP contribution in [0.5, 0.6) is 17.4 Å². The molecule has 4 rings (SSSR count). The van der Waals surface area contributed by atoms with Crippen LogP contribution in [-0.4, -0.2) is 21.6 Å². The van der Waals surface area contributed by atoms with Gasteiger partial charge in [-0.1, -0.05) is 24.3 Å². The van der Waals surface area contributed by atoms with E-state index in [1.54, 1.807) is 19.5 Å². The van der Waals surface area contributed by atoms with E-state index in [-0.39, 0.29) is 0 Å². The van der Waals surface area contributed by atoms with Crippen molar-refractivity contribution in [2.24, 2.45) is 0 Å². The minimum absolute atomic E-state index is 0.560. The van der Waals surface area contributed by atoms with Gasteiger partial charge < -0.3 is 19.4 Å². The molecule has 6 heteroatoms. The quantitative estimate of drug-likeness (QED) is 0.488. The van der Waals surface area contributed by atoms with Gasteiger partial charge >= 0.3 is 0 Å². The molecule has 0 spiro atoms. The molecule has 146 valence electrons. The molecule has 4 aromatic rings. The number of nitrogens with one attached hydrogen (secondary N) is 1. The van der Waals surface area contributed by atoms with Crippen LogP contribution in [0.2, 0.25) is 0 Å². The Hall–Kier alpha value is -3.64. The summed E-state index contributed by atoms with van der Waals surface area (Å²) >= 11 is 0. The molecular weight excluding hydrogens is 364 g/mol. The monoisotopic (exact) mass is 386 g/mol. The minimum atomic E-state index is 0.560. The Balaban J connectivity index is 1.45. The van der Waals surface area contributed by atoms with Crippen molar-refractivity contribution < 1.29 is 9.47 Å². The Labute approximate surface area is 169 Å². The van der Waals surface area contributed by atoms with E-state index in [0.29, 0.717) is 30.5 Å². The topological polar surface area (TPSA) is 61.2 Å². The highest BCUT2D eigenvalue weighted by Crippen LogP contribution is 2.31. The fraction of sp³-hybridized carbons (Fsp3) is 0.130. The van der Waals surface area contributed by atoms with E-state index in [0.717, 1.165) is 17.1 Å². The zero-order valence-corrected chi connectivity index (χ0v) is 16.2. The fourth-order valence-corrected chi connectivity index (χ4v) is 3.06. The van der Waals surface area contributed by atoms with Crippen molar-refractivity contribution in [2.45, 2.75) is 13.1 Å². The fourth-order valence-electron chi connectivity index (χ4n) is 3.06. The normalized spacial score (nSPS) is 10.7. The Morgan fingerprint density at radius 3 is 2.48 bits per heavy atom. The standard InChI is InChI=1S/C23H22N4O2/c1-28-20-10-2-3-11-21(20)29-23-18(8-6-14-26-23)16-24-17-19-9-7-15-27(19)22-12-4-5-13-25-22/h2-15,24H,16-17H2,1H3. The second-order valence-electron chi connectivity index (χ2n) is 6.38. The summed E-state index contributed by atoms with van der Waals surface area (Å²) < 4.78 is 13.5. The first-order chi connectivity index (χ1) is 14.3. The lowest BCUT2D eigenvalue weighted by atomic mass is 10.2. The summed E-state index contributed by atoms with van der Waals surface area (Å²) in [5, 5.41) is 3.47. The maximum absolute atomic E-state index is 6.02. The maximum Gasteiger partial charge on any atom is 0.223 e. The summed E-state index contributed by atoms with van der Waals surface area (Å²) in [7, 11) is 1.62. The number of para-hydroxylation sites is 2. The maximum atomic E-state index is 6.02. The summed E-state index contributed by atoms with van der Waals surface area (Å²) in [6.07, 6.45) is 5.53. The first-order valence-electron chi connectivity index (χ1n) is 9.38. The van der Waals surface area contributed by atoms with Crippen molar-refractivity contribution in [2.75, 3.05) is 7.11 Å². The molecule has 0 saturated heterocycles. The molecule has 1 aromatic carbocycles. The SMILES string of the molecule is COc1ccccc1Oc1ncccc1CNCc1cccn1-c1ccccn1. The van der Waals surface area contributed by atoms with Gasteiger partial charge in [-0.15, -0.1) is 0 Å². The van der Waals surface area contributed by atoms with Crippen LogP contribution < -0.4 is 14.8 Å². The highest BCUT2D eigenvalue weighted by molar-refractivity contribution is 5.42. The number of nitrogens with zero attached hydrogens (tertiary/aromatic N) is 3. The van der Waals surface area contributed by atoms with Crippen LogP contribution in [0.15, 0.2) is 85.3 Å². The number of aromatic nitrogens is 3. The van der Waals surface area contributed by atoms with Gasteiger partial charge in [-0.25, -0.2) is 9.97 Å². The van der Waals surface area contributed by atoms with Gasteiger partial charge in [0.25, 0.3) is 0 Å². The lowest BCUT2D eigenvalue weighted by Gasteiger charge is -2.13. The first-order valence-corrected chi connectivity index (χ1v) is 9.38. The number of methoxy groups -OCH3 is 1.